The van der Waals surface area contributed by atoms with Crippen molar-refractivity contribution in [1.29, 1.82) is 0 Å². The summed E-state index contributed by atoms with van der Waals surface area (Å²) < 4.78 is 4.85. The molecule has 0 radical (unpaired) electrons. The average molecular weight is 300 g/mol. The Morgan fingerprint density at radius 1 is 1.43 bits per heavy atom. The van der Waals surface area contributed by atoms with E-state index in [4.69, 9.17) is 9.84 Å². The van der Waals surface area contributed by atoms with Crippen LogP contribution in [-0.2, 0) is 14.3 Å². The van der Waals surface area contributed by atoms with E-state index in [-0.39, 0.29) is 30.9 Å². The number of nitrogens with one attached hydrogen (secondary N) is 1. The number of carboxylic acid groups (broad SMARTS) is 1. The molecule has 1 aliphatic rings. The number of aliphatic carboxylic acids is 1. The number of carbonyl (C=O) groups is 3. The fourth-order valence-corrected chi connectivity index (χ4v) is 2.26. The van der Waals surface area contributed by atoms with Crippen LogP contribution in [-0.4, -0.2) is 54.2 Å². The molecule has 2 atom stereocenters. The quantitative estimate of drug-likeness (QED) is 0.716. The molecule has 0 spiro atoms. The molecule has 0 bridgehead atoms. The third-order valence-corrected chi connectivity index (χ3v) is 3.70. The summed E-state index contributed by atoms with van der Waals surface area (Å²) in [7, 11) is 0. The van der Waals surface area contributed by atoms with Crippen LogP contribution in [0, 0.1) is 11.3 Å². The molecule has 1 rings (SSSR count). The molecule has 2 amide bonds. The molecular weight excluding hydrogens is 276 g/mol. The van der Waals surface area contributed by atoms with E-state index in [0.717, 1.165) is 0 Å². The molecular formula is C14H24N2O5. The zero-order valence-electron chi connectivity index (χ0n) is 12.8. The fourth-order valence-electron chi connectivity index (χ4n) is 2.26. The van der Waals surface area contributed by atoms with E-state index in [1.165, 1.54) is 4.90 Å². The van der Waals surface area contributed by atoms with Crippen molar-refractivity contribution in [3.8, 4) is 0 Å². The van der Waals surface area contributed by atoms with E-state index >= 15 is 0 Å². The van der Waals surface area contributed by atoms with Gasteiger partial charge in [0.2, 0.25) is 0 Å². The summed E-state index contributed by atoms with van der Waals surface area (Å²) in [5, 5.41) is 11.9. The maximum atomic E-state index is 12.0. The lowest BCUT2D eigenvalue weighted by atomic mass is 9.90. The van der Waals surface area contributed by atoms with Gasteiger partial charge in [0.1, 0.15) is 0 Å². The van der Waals surface area contributed by atoms with Gasteiger partial charge < -0.3 is 20.1 Å². The molecule has 2 N–H and O–H groups in total. The molecule has 120 valence electrons. The summed E-state index contributed by atoms with van der Waals surface area (Å²) in [5.41, 5.74) is -0.867. The van der Waals surface area contributed by atoms with E-state index in [2.05, 4.69) is 5.32 Å². The second-order valence-electron chi connectivity index (χ2n) is 5.84. The van der Waals surface area contributed by atoms with Crippen LogP contribution in [0.25, 0.3) is 0 Å². The summed E-state index contributed by atoms with van der Waals surface area (Å²) in [6.07, 6.45) is 0.703. The number of rotatable bonds is 6. The number of likely N-dealkylation sites (tertiary alicyclic amines) is 1. The Hall–Kier alpha value is -1.79. The molecule has 0 aromatic rings. The topological polar surface area (TPSA) is 95.9 Å². The van der Waals surface area contributed by atoms with Crippen LogP contribution in [0.15, 0.2) is 0 Å². The zero-order chi connectivity index (χ0) is 16.0. The van der Waals surface area contributed by atoms with Gasteiger partial charge in [-0.3, -0.25) is 9.59 Å². The number of esters is 1. The number of hydrogen-bond donors (Lipinski definition) is 2. The van der Waals surface area contributed by atoms with Crippen molar-refractivity contribution >= 4 is 18.0 Å². The lowest BCUT2D eigenvalue weighted by Crippen LogP contribution is -2.42. The lowest BCUT2D eigenvalue weighted by molar-refractivity contribution is -0.147. The lowest BCUT2D eigenvalue weighted by Gasteiger charge is -2.21. The number of carboxylic acids is 1. The van der Waals surface area contributed by atoms with Gasteiger partial charge in [0, 0.05) is 26.1 Å². The predicted molar refractivity (Wildman–Crippen MR) is 75.7 cm³/mol. The minimum absolute atomic E-state index is 0.0264. The molecule has 1 aliphatic heterocycles. The van der Waals surface area contributed by atoms with Crippen molar-refractivity contribution in [3.05, 3.63) is 0 Å². The molecule has 1 fully saturated rings. The Kier molecular flexibility index (Phi) is 5.99. The van der Waals surface area contributed by atoms with Gasteiger partial charge in [-0.1, -0.05) is 6.92 Å². The number of amides is 2. The first-order valence-corrected chi connectivity index (χ1v) is 7.20. The van der Waals surface area contributed by atoms with Crippen molar-refractivity contribution in [2.45, 2.75) is 33.6 Å². The van der Waals surface area contributed by atoms with Gasteiger partial charge in [0.05, 0.1) is 12.0 Å². The number of carbonyl (C=O) groups excluding carboxylic acids is 2. The van der Waals surface area contributed by atoms with Crippen molar-refractivity contribution in [2.75, 3.05) is 26.2 Å². The highest BCUT2D eigenvalue weighted by Gasteiger charge is 2.42. The highest BCUT2D eigenvalue weighted by atomic mass is 16.5. The van der Waals surface area contributed by atoms with E-state index < -0.39 is 11.4 Å². The third kappa shape index (κ3) is 4.91. The molecule has 0 aliphatic carbocycles. The summed E-state index contributed by atoms with van der Waals surface area (Å²) in [6, 6.07) is -0.282. The molecule has 0 saturated carbocycles. The Labute approximate surface area is 124 Å². The van der Waals surface area contributed by atoms with Crippen LogP contribution < -0.4 is 5.32 Å². The molecule has 0 aromatic heterocycles. The zero-order valence-corrected chi connectivity index (χ0v) is 12.8. The maximum absolute atomic E-state index is 12.0. The molecule has 1 heterocycles. The second-order valence-corrected chi connectivity index (χ2v) is 5.84. The van der Waals surface area contributed by atoms with Crippen molar-refractivity contribution in [3.63, 3.8) is 0 Å². The minimum atomic E-state index is -0.881. The molecule has 7 nitrogen and oxygen atoms in total. The van der Waals surface area contributed by atoms with E-state index in [0.29, 0.717) is 26.1 Å². The fraction of sp³-hybridized carbons (Fsp3) is 0.786. The normalized spacial score (nSPS) is 22.7. The first-order valence-electron chi connectivity index (χ1n) is 7.20. The van der Waals surface area contributed by atoms with Crippen LogP contribution in [0.4, 0.5) is 4.79 Å². The first kappa shape index (κ1) is 17.3. The highest BCUT2D eigenvalue weighted by Crippen LogP contribution is 2.29. The third-order valence-electron chi connectivity index (χ3n) is 3.70. The van der Waals surface area contributed by atoms with Crippen molar-refractivity contribution < 1.29 is 24.2 Å². The summed E-state index contributed by atoms with van der Waals surface area (Å²) in [4.78, 5) is 35.9. The average Bonchev–Trinajstić information content (AvgIpc) is 2.80. The number of ether oxygens (including phenoxy) is 1. The Morgan fingerprint density at radius 2 is 2.10 bits per heavy atom. The van der Waals surface area contributed by atoms with Crippen LogP contribution in [0.5, 0.6) is 0 Å². The van der Waals surface area contributed by atoms with Gasteiger partial charge in [-0.2, -0.15) is 0 Å². The Bertz CT molecular complexity index is 412. The molecule has 1 saturated heterocycles. The van der Waals surface area contributed by atoms with Gasteiger partial charge in [-0.15, -0.1) is 0 Å². The van der Waals surface area contributed by atoms with Crippen molar-refractivity contribution in [1.82, 2.24) is 10.2 Å². The molecule has 21 heavy (non-hydrogen) atoms. The monoisotopic (exact) mass is 300 g/mol. The van der Waals surface area contributed by atoms with Crippen LogP contribution in [0.1, 0.15) is 33.6 Å². The molecule has 0 aromatic carbocycles. The number of nitrogens with zero attached hydrogens (tertiary/aromatic N) is 1. The van der Waals surface area contributed by atoms with Gasteiger partial charge >= 0.3 is 18.0 Å². The largest absolute Gasteiger partial charge is 0.481 e. The summed E-state index contributed by atoms with van der Waals surface area (Å²) in [6.45, 7) is 6.59. The molecule has 7 heteroatoms. The summed E-state index contributed by atoms with van der Waals surface area (Å²) in [5.74, 6) is -1.19. The first-order chi connectivity index (χ1) is 9.78. The van der Waals surface area contributed by atoms with Crippen LogP contribution >= 0.6 is 0 Å². The van der Waals surface area contributed by atoms with Crippen LogP contribution in [0.2, 0.25) is 0 Å². The number of urea groups is 1. The SMILES string of the molecule is CCOC(=O)CC(C)CNC(=O)N1CCC(C)(C(=O)O)C1. The molecule has 2 unspecified atom stereocenters. The van der Waals surface area contributed by atoms with Gasteiger partial charge in [-0.05, 0) is 26.2 Å². The van der Waals surface area contributed by atoms with Crippen molar-refractivity contribution in [2.24, 2.45) is 11.3 Å². The highest BCUT2D eigenvalue weighted by molar-refractivity contribution is 5.79. The van der Waals surface area contributed by atoms with Gasteiger partial charge in [0.15, 0.2) is 0 Å². The van der Waals surface area contributed by atoms with Gasteiger partial charge in [0.25, 0.3) is 0 Å². The minimum Gasteiger partial charge on any atom is -0.481 e. The van der Waals surface area contributed by atoms with E-state index in [9.17, 15) is 14.4 Å². The smallest absolute Gasteiger partial charge is 0.317 e. The van der Waals surface area contributed by atoms with Crippen LogP contribution in [0.3, 0.4) is 0 Å². The Balaban J connectivity index is 2.35. The second kappa shape index (κ2) is 7.28. The van der Waals surface area contributed by atoms with E-state index in [1.54, 1.807) is 13.8 Å². The van der Waals surface area contributed by atoms with E-state index in [1.807, 2.05) is 6.92 Å². The predicted octanol–water partition coefficient (Wildman–Crippen LogP) is 1.08. The summed E-state index contributed by atoms with van der Waals surface area (Å²) >= 11 is 0. The Morgan fingerprint density at radius 3 is 2.62 bits per heavy atom. The standard InChI is InChI=1S/C14H24N2O5/c1-4-21-11(17)7-10(2)8-15-13(20)16-6-5-14(3,9-16)12(18)19/h10H,4-9H2,1-3H3,(H,15,20)(H,18,19). The maximum Gasteiger partial charge on any atom is 0.317 e. The number of hydrogen-bond acceptors (Lipinski definition) is 4. The van der Waals surface area contributed by atoms with Gasteiger partial charge in [-0.25, -0.2) is 4.79 Å².